The van der Waals surface area contributed by atoms with Crippen LogP contribution in [0.3, 0.4) is 0 Å². The van der Waals surface area contributed by atoms with Gasteiger partial charge >= 0.3 is 0 Å². The first-order valence-electron chi connectivity index (χ1n) is 7.39. The highest BCUT2D eigenvalue weighted by Gasteiger charge is 2.23. The van der Waals surface area contributed by atoms with Crippen molar-refractivity contribution < 1.29 is 8.42 Å². The van der Waals surface area contributed by atoms with Crippen LogP contribution < -0.4 is 5.73 Å². The molecular weight excluding hydrogens is 288 g/mol. The molecule has 0 spiro atoms. The molecule has 0 aromatic carbocycles. The van der Waals surface area contributed by atoms with Gasteiger partial charge < -0.3 is 10.6 Å². The summed E-state index contributed by atoms with van der Waals surface area (Å²) in [6.45, 7) is 9.90. The molecular formula is C14H26N4O2S. The van der Waals surface area contributed by atoms with Crippen LogP contribution in [0.4, 0.5) is 5.82 Å². The average molecular weight is 314 g/mol. The average Bonchev–Trinajstić information content (AvgIpc) is 2.48. The van der Waals surface area contributed by atoms with Crippen LogP contribution in [-0.2, 0) is 10.0 Å². The van der Waals surface area contributed by atoms with Crippen LogP contribution in [0.1, 0.15) is 27.2 Å². The molecule has 1 aromatic rings. The van der Waals surface area contributed by atoms with Gasteiger partial charge in [-0.1, -0.05) is 20.8 Å². The molecule has 120 valence electrons. The number of sulfonamides is 1. The summed E-state index contributed by atoms with van der Waals surface area (Å²) in [5, 5.41) is 0. The smallest absolute Gasteiger partial charge is 0.244 e. The number of pyridine rings is 1. The van der Waals surface area contributed by atoms with Gasteiger partial charge in [-0.15, -0.1) is 0 Å². The predicted octanol–water partition coefficient (Wildman–Crippen LogP) is 1.41. The molecule has 0 fully saturated rings. The number of rotatable bonds is 9. The molecule has 0 unspecified atom stereocenters. The topological polar surface area (TPSA) is 79.5 Å². The van der Waals surface area contributed by atoms with E-state index in [1.54, 1.807) is 0 Å². The van der Waals surface area contributed by atoms with E-state index in [0.717, 1.165) is 26.1 Å². The molecule has 0 saturated carbocycles. The second kappa shape index (κ2) is 8.31. The molecule has 1 aromatic heterocycles. The maximum atomic E-state index is 12.5. The van der Waals surface area contributed by atoms with Crippen LogP contribution in [0.5, 0.6) is 0 Å². The van der Waals surface area contributed by atoms with Crippen molar-refractivity contribution in [1.29, 1.82) is 0 Å². The molecule has 0 bridgehead atoms. The number of hydrogen-bond acceptors (Lipinski definition) is 5. The van der Waals surface area contributed by atoms with Crippen LogP contribution in [0.2, 0.25) is 0 Å². The van der Waals surface area contributed by atoms with Crippen molar-refractivity contribution in [3.63, 3.8) is 0 Å². The van der Waals surface area contributed by atoms with Gasteiger partial charge in [-0.25, -0.2) is 13.4 Å². The second-order valence-electron chi connectivity index (χ2n) is 4.80. The molecule has 0 aliphatic carbocycles. The second-order valence-corrected chi connectivity index (χ2v) is 6.73. The third-order valence-corrected chi connectivity index (χ3v) is 5.48. The van der Waals surface area contributed by atoms with Gasteiger partial charge in [0, 0.05) is 19.3 Å². The zero-order chi connectivity index (χ0) is 15.9. The van der Waals surface area contributed by atoms with Crippen LogP contribution in [0.25, 0.3) is 0 Å². The number of anilines is 1. The Bertz CT molecular complexity index is 512. The maximum absolute atomic E-state index is 12.5. The highest BCUT2D eigenvalue weighted by molar-refractivity contribution is 7.89. The maximum Gasteiger partial charge on any atom is 0.244 e. The van der Waals surface area contributed by atoms with Crippen LogP contribution in [0, 0.1) is 0 Å². The quantitative estimate of drug-likeness (QED) is 0.745. The lowest BCUT2D eigenvalue weighted by Crippen LogP contribution is -2.34. The Morgan fingerprint density at radius 1 is 1.10 bits per heavy atom. The number of nitrogens with zero attached hydrogens (tertiary/aromatic N) is 3. The van der Waals surface area contributed by atoms with E-state index in [1.807, 2.05) is 6.92 Å². The van der Waals surface area contributed by atoms with E-state index in [1.165, 1.54) is 22.6 Å². The van der Waals surface area contributed by atoms with Gasteiger partial charge in [0.05, 0.1) is 0 Å². The van der Waals surface area contributed by atoms with E-state index < -0.39 is 10.0 Å². The summed E-state index contributed by atoms with van der Waals surface area (Å²) in [5.41, 5.74) is 5.50. The first-order chi connectivity index (χ1) is 9.95. The summed E-state index contributed by atoms with van der Waals surface area (Å²) < 4.78 is 26.5. The lowest BCUT2D eigenvalue weighted by molar-refractivity contribution is 0.285. The third kappa shape index (κ3) is 4.94. The first kappa shape index (κ1) is 17.9. The van der Waals surface area contributed by atoms with Crippen LogP contribution in [0.15, 0.2) is 23.2 Å². The zero-order valence-electron chi connectivity index (χ0n) is 13.1. The molecule has 0 amide bonds. The fraction of sp³-hybridized carbons (Fsp3) is 0.643. The summed E-state index contributed by atoms with van der Waals surface area (Å²) in [5.74, 6) is 0.318. The molecule has 1 rings (SSSR count). The Morgan fingerprint density at radius 2 is 1.76 bits per heavy atom. The van der Waals surface area contributed by atoms with Crippen LogP contribution in [-0.4, -0.2) is 55.3 Å². The summed E-state index contributed by atoms with van der Waals surface area (Å²) >= 11 is 0. The minimum absolute atomic E-state index is 0.196. The van der Waals surface area contributed by atoms with Gasteiger partial charge in [0.1, 0.15) is 10.7 Å². The Labute approximate surface area is 128 Å². The number of hydrogen-bond donors (Lipinski definition) is 1. The zero-order valence-corrected chi connectivity index (χ0v) is 13.9. The van der Waals surface area contributed by atoms with E-state index in [2.05, 4.69) is 23.7 Å². The van der Waals surface area contributed by atoms with Gasteiger partial charge in [-0.05, 0) is 38.2 Å². The lowest BCUT2D eigenvalue weighted by atomic mass is 10.3. The van der Waals surface area contributed by atoms with Crippen molar-refractivity contribution in [3.8, 4) is 0 Å². The molecule has 7 heteroatoms. The molecule has 1 heterocycles. The molecule has 21 heavy (non-hydrogen) atoms. The van der Waals surface area contributed by atoms with Crippen LogP contribution >= 0.6 is 0 Å². The molecule has 0 saturated heterocycles. The molecule has 0 aliphatic heterocycles. The highest BCUT2D eigenvalue weighted by atomic mass is 32.2. The third-order valence-electron chi connectivity index (χ3n) is 3.53. The van der Waals surface area contributed by atoms with E-state index >= 15 is 0 Å². The Morgan fingerprint density at radius 3 is 2.24 bits per heavy atom. The fourth-order valence-electron chi connectivity index (χ4n) is 2.15. The summed E-state index contributed by atoms with van der Waals surface area (Å²) in [7, 11) is -3.48. The van der Waals surface area contributed by atoms with E-state index in [-0.39, 0.29) is 4.90 Å². The summed E-state index contributed by atoms with van der Waals surface area (Å²) in [6.07, 6.45) is 2.13. The SMILES string of the molecule is CCN(CC)CCCN(CC)S(=O)(=O)c1ccc(N)nc1. The van der Waals surface area contributed by atoms with Crippen molar-refractivity contribution in [1.82, 2.24) is 14.2 Å². The van der Waals surface area contributed by atoms with E-state index in [9.17, 15) is 8.42 Å². The molecule has 0 atom stereocenters. The lowest BCUT2D eigenvalue weighted by Gasteiger charge is -2.23. The number of aromatic nitrogens is 1. The Kier molecular flexibility index (Phi) is 7.07. The predicted molar refractivity (Wildman–Crippen MR) is 85.5 cm³/mol. The standard InChI is InChI=1S/C14H26N4O2S/c1-4-17(5-2)10-7-11-18(6-3)21(19,20)13-8-9-14(15)16-12-13/h8-9,12H,4-7,10-11H2,1-3H3,(H2,15,16). The monoisotopic (exact) mass is 314 g/mol. The van der Waals surface area contributed by atoms with Crippen molar-refractivity contribution in [2.75, 3.05) is 38.5 Å². The minimum atomic E-state index is -3.48. The van der Waals surface area contributed by atoms with Crippen molar-refractivity contribution in [2.24, 2.45) is 0 Å². The molecule has 0 aliphatic rings. The summed E-state index contributed by atoms with van der Waals surface area (Å²) in [6, 6.07) is 3.02. The first-order valence-corrected chi connectivity index (χ1v) is 8.83. The largest absolute Gasteiger partial charge is 0.384 e. The van der Waals surface area contributed by atoms with E-state index in [0.29, 0.717) is 18.9 Å². The van der Waals surface area contributed by atoms with Crippen molar-refractivity contribution >= 4 is 15.8 Å². The minimum Gasteiger partial charge on any atom is -0.384 e. The fourth-order valence-corrected chi connectivity index (χ4v) is 3.59. The van der Waals surface area contributed by atoms with Crippen molar-refractivity contribution in [2.45, 2.75) is 32.1 Å². The van der Waals surface area contributed by atoms with Gasteiger partial charge in [-0.3, -0.25) is 0 Å². The molecule has 6 nitrogen and oxygen atoms in total. The van der Waals surface area contributed by atoms with Gasteiger partial charge in [0.15, 0.2) is 0 Å². The Hall–Kier alpha value is -1.18. The number of nitrogen functional groups attached to an aromatic ring is 1. The Balaban J connectivity index is 2.72. The van der Waals surface area contributed by atoms with E-state index in [4.69, 9.17) is 5.73 Å². The van der Waals surface area contributed by atoms with Gasteiger partial charge in [-0.2, -0.15) is 4.31 Å². The molecule has 2 N–H and O–H groups in total. The normalized spacial score (nSPS) is 12.2. The molecule has 0 radical (unpaired) electrons. The van der Waals surface area contributed by atoms with Gasteiger partial charge in [0.25, 0.3) is 0 Å². The highest BCUT2D eigenvalue weighted by Crippen LogP contribution is 2.15. The summed E-state index contributed by atoms with van der Waals surface area (Å²) in [4.78, 5) is 6.34. The van der Waals surface area contributed by atoms with Crippen molar-refractivity contribution in [3.05, 3.63) is 18.3 Å². The number of nitrogens with two attached hydrogens (primary N) is 1. The van der Waals surface area contributed by atoms with Gasteiger partial charge in [0.2, 0.25) is 10.0 Å².